The summed E-state index contributed by atoms with van der Waals surface area (Å²) in [6, 6.07) is 8.00. The number of quaternary nitrogens is 1. The minimum Gasteiger partial charge on any atom is -0.317 e. The lowest BCUT2D eigenvalue weighted by atomic mass is 10.1. The normalized spacial score (nSPS) is 23.0. The molecule has 1 aliphatic rings. The predicted molar refractivity (Wildman–Crippen MR) is 85.4 cm³/mol. The van der Waals surface area contributed by atoms with Crippen molar-refractivity contribution < 1.29 is 4.79 Å². The summed E-state index contributed by atoms with van der Waals surface area (Å²) in [5.41, 5.74) is 1.02. The van der Waals surface area contributed by atoms with Gasteiger partial charge in [-0.2, -0.15) is 4.48 Å². The number of rotatable bonds is 5. The standard InChI is InChI=1S/C15H22N3OS/c1-3-4-5-8-11-18(12(2)19)13-9-6-7-10-14(13)20-15(18)17-16/h6-7,9-10H,3-5,8,11,16H2,1-2H3/q+1. The number of amides is 1. The second-order valence-corrected chi connectivity index (χ2v) is 6.10. The fourth-order valence-corrected chi connectivity index (χ4v) is 3.92. The molecule has 0 saturated carbocycles. The van der Waals surface area contributed by atoms with E-state index in [9.17, 15) is 4.79 Å². The summed E-state index contributed by atoms with van der Waals surface area (Å²) in [5, 5.41) is 4.60. The summed E-state index contributed by atoms with van der Waals surface area (Å²) in [7, 11) is 0. The van der Waals surface area contributed by atoms with Crippen LogP contribution in [0, 0.1) is 0 Å². The number of carbonyl (C=O) groups excluding carboxylic acids is 1. The highest BCUT2D eigenvalue weighted by Gasteiger charge is 2.49. The Hall–Kier alpha value is -1.33. The molecule has 1 unspecified atom stereocenters. The van der Waals surface area contributed by atoms with Crippen molar-refractivity contribution in [1.29, 1.82) is 0 Å². The molecule has 0 aromatic heterocycles. The van der Waals surface area contributed by atoms with Crippen LogP contribution in [0.15, 0.2) is 34.3 Å². The first-order chi connectivity index (χ1) is 9.66. The average Bonchev–Trinajstić information content (AvgIpc) is 2.78. The highest BCUT2D eigenvalue weighted by atomic mass is 32.2. The van der Waals surface area contributed by atoms with E-state index in [2.05, 4.69) is 12.0 Å². The third kappa shape index (κ3) is 2.47. The zero-order chi connectivity index (χ0) is 14.6. The van der Waals surface area contributed by atoms with Gasteiger partial charge in [0.25, 0.3) is 5.17 Å². The van der Waals surface area contributed by atoms with E-state index < -0.39 is 0 Å². The number of hydrazone groups is 1. The largest absolute Gasteiger partial charge is 0.322 e. The molecule has 0 saturated heterocycles. The van der Waals surface area contributed by atoms with Gasteiger partial charge in [-0.15, -0.1) is 5.10 Å². The van der Waals surface area contributed by atoms with Crippen LogP contribution >= 0.6 is 11.8 Å². The fourth-order valence-electron chi connectivity index (χ4n) is 2.72. The van der Waals surface area contributed by atoms with Crippen LogP contribution in [0.3, 0.4) is 0 Å². The fraction of sp³-hybridized carbons (Fsp3) is 0.467. The molecule has 1 aliphatic heterocycles. The second-order valence-electron chi connectivity index (χ2n) is 5.09. The van der Waals surface area contributed by atoms with E-state index in [4.69, 9.17) is 5.84 Å². The highest BCUT2D eigenvalue weighted by Crippen LogP contribution is 2.45. The number of amidine groups is 1. The first-order valence-corrected chi connectivity index (χ1v) is 7.93. The first kappa shape index (κ1) is 15.1. The Morgan fingerprint density at radius 3 is 2.70 bits per heavy atom. The summed E-state index contributed by atoms with van der Waals surface area (Å²) in [4.78, 5) is 13.5. The summed E-state index contributed by atoms with van der Waals surface area (Å²) < 4.78 is 0.182. The van der Waals surface area contributed by atoms with E-state index in [1.807, 2.05) is 24.3 Å². The Bertz CT molecular complexity index is 530. The molecule has 1 aromatic carbocycles. The third-order valence-electron chi connectivity index (χ3n) is 3.80. The Morgan fingerprint density at radius 1 is 1.30 bits per heavy atom. The molecule has 0 spiro atoms. The van der Waals surface area contributed by atoms with Crippen molar-refractivity contribution in [3.8, 4) is 0 Å². The molecule has 1 amide bonds. The lowest BCUT2D eigenvalue weighted by Gasteiger charge is -2.29. The molecule has 108 valence electrons. The maximum absolute atomic E-state index is 12.4. The number of hydrogen-bond acceptors (Lipinski definition) is 4. The summed E-state index contributed by atoms with van der Waals surface area (Å²) in [6.45, 7) is 4.56. The number of thioether (sulfide) groups is 1. The summed E-state index contributed by atoms with van der Waals surface area (Å²) in [6.07, 6.45) is 4.51. The average molecular weight is 292 g/mol. The molecular formula is C15H22N3OS+. The summed E-state index contributed by atoms with van der Waals surface area (Å²) >= 11 is 1.51. The van der Waals surface area contributed by atoms with E-state index >= 15 is 0 Å². The Kier molecular flexibility index (Phi) is 4.83. The molecule has 2 rings (SSSR count). The van der Waals surface area contributed by atoms with Crippen LogP contribution in [0.25, 0.3) is 0 Å². The molecule has 20 heavy (non-hydrogen) atoms. The molecule has 0 aliphatic carbocycles. The van der Waals surface area contributed by atoms with Gasteiger partial charge in [-0.1, -0.05) is 31.9 Å². The first-order valence-electron chi connectivity index (χ1n) is 7.12. The van der Waals surface area contributed by atoms with Crippen LogP contribution in [0.5, 0.6) is 0 Å². The van der Waals surface area contributed by atoms with Crippen LogP contribution in [0.4, 0.5) is 5.69 Å². The minimum absolute atomic E-state index is 0.0862. The SMILES string of the molecule is CCCCCC[N+]1(C(C)=O)C(=NN)Sc2ccccc21. The maximum Gasteiger partial charge on any atom is 0.322 e. The van der Waals surface area contributed by atoms with E-state index in [0.717, 1.165) is 30.0 Å². The van der Waals surface area contributed by atoms with Crippen molar-refractivity contribution in [1.82, 2.24) is 4.48 Å². The molecule has 5 heteroatoms. The zero-order valence-electron chi connectivity index (χ0n) is 12.1. The van der Waals surface area contributed by atoms with Gasteiger partial charge in [-0.05, 0) is 30.7 Å². The van der Waals surface area contributed by atoms with Crippen LogP contribution in [-0.2, 0) is 4.79 Å². The predicted octanol–water partition coefficient (Wildman–Crippen LogP) is 3.46. The van der Waals surface area contributed by atoms with Gasteiger partial charge in [0.1, 0.15) is 0 Å². The van der Waals surface area contributed by atoms with Gasteiger partial charge < -0.3 is 5.84 Å². The monoisotopic (exact) mass is 292 g/mol. The molecule has 0 radical (unpaired) electrons. The number of hydrogen-bond donors (Lipinski definition) is 1. The molecule has 1 atom stereocenters. The van der Waals surface area contributed by atoms with Crippen LogP contribution < -0.4 is 10.3 Å². The van der Waals surface area contributed by atoms with E-state index in [0.29, 0.717) is 5.17 Å². The smallest absolute Gasteiger partial charge is 0.317 e. The van der Waals surface area contributed by atoms with Crippen LogP contribution in [0.2, 0.25) is 0 Å². The van der Waals surface area contributed by atoms with Gasteiger partial charge in [0.2, 0.25) is 0 Å². The van der Waals surface area contributed by atoms with Crippen molar-refractivity contribution in [3.63, 3.8) is 0 Å². The molecule has 1 aromatic rings. The van der Waals surface area contributed by atoms with Crippen LogP contribution in [0.1, 0.15) is 39.5 Å². The number of para-hydroxylation sites is 1. The van der Waals surface area contributed by atoms with E-state index in [1.54, 1.807) is 6.92 Å². The van der Waals surface area contributed by atoms with Crippen molar-refractivity contribution in [2.75, 3.05) is 6.54 Å². The maximum atomic E-state index is 12.4. The minimum atomic E-state index is 0.0862. The van der Waals surface area contributed by atoms with Crippen LogP contribution in [-0.4, -0.2) is 17.6 Å². The molecule has 1 heterocycles. The van der Waals surface area contributed by atoms with Gasteiger partial charge in [0.05, 0.1) is 18.4 Å². The lowest BCUT2D eigenvalue weighted by Crippen LogP contribution is -2.55. The van der Waals surface area contributed by atoms with Crippen molar-refractivity contribution in [2.45, 2.75) is 44.4 Å². The number of nitrogens with two attached hydrogens (primary N) is 1. The van der Waals surface area contributed by atoms with Crippen molar-refractivity contribution >= 4 is 28.5 Å². The van der Waals surface area contributed by atoms with Gasteiger partial charge >= 0.3 is 5.91 Å². The molecular weight excluding hydrogens is 270 g/mol. The summed E-state index contributed by atoms with van der Waals surface area (Å²) in [5.74, 6) is 5.64. The van der Waals surface area contributed by atoms with Gasteiger partial charge in [0.15, 0.2) is 5.69 Å². The molecule has 0 fully saturated rings. The number of fused-ring (bicyclic) bond motifs is 1. The molecule has 4 nitrogen and oxygen atoms in total. The van der Waals surface area contributed by atoms with E-state index in [1.165, 1.54) is 24.6 Å². The van der Waals surface area contributed by atoms with Crippen molar-refractivity contribution in [3.05, 3.63) is 24.3 Å². The van der Waals surface area contributed by atoms with Gasteiger partial charge in [-0.3, -0.25) is 0 Å². The lowest BCUT2D eigenvalue weighted by molar-refractivity contribution is -0.124. The molecule has 0 bridgehead atoms. The Morgan fingerprint density at radius 2 is 2.05 bits per heavy atom. The quantitative estimate of drug-likeness (QED) is 0.391. The molecule has 2 N–H and O–H groups in total. The highest BCUT2D eigenvalue weighted by molar-refractivity contribution is 8.14. The topological polar surface area (TPSA) is 55.5 Å². The Labute approximate surface area is 124 Å². The van der Waals surface area contributed by atoms with Crippen molar-refractivity contribution in [2.24, 2.45) is 10.9 Å². The van der Waals surface area contributed by atoms with Gasteiger partial charge in [-0.25, -0.2) is 4.79 Å². The Balaban J connectivity index is 2.36. The number of unbranched alkanes of at least 4 members (excludes halogenated alkanes) is 3. The van der Waals surface area contributed by atoms with Gasteiger partial charge in [0, 0.05) is 6.07 Å². The number of carbonyl (C=O) groups is 1. The zero-order valence-corrected chi connectivity index (χ0v) is 12.9. The number of nitrogens with zero attached hydrogens (tertiary/aromatic N) is 2. The number of benzene rings is 1. The second kappa shape index (κ2) is 6.41. The van der Waals surface area contributed by atoms with E-state index in [-0.39, 0.29) is 10.4 Å². The third-order valence-corrected chi connectivity index (χ3v) is 4.96.